The summed E-state index contributed by atoms with van der Waals surface area (Å²) in [6.45, 7) is 3.29. The number of H-pyrrole nitrogens is 1. The summed E-state index contributed by atoms with van der Waals surface area (Å²) in [5, 5.41) is 6.26. The second-order valence-corrected chi connectivity index (χ2v) is 8.78. The largest absolute Gasteiger partial charge is 0.493 e. The molecule has 0 saturated heterocycles. The van der Waals surface area contributed by atoms with Crippen LogP contribution < -0.4 is 20.1 Å². The van der Waals surface area contributed by atoms with Crippen LogP contribution >= 0.6 is 15.9 Å². The lowest BCUT2D eigenvalue weighted by Gasteiger charge is -2.14. The number of methoxy groups -OCH3 is 1. The number of aryl methyl sites for hydroxylation is 1. The molecule has 8 heteroatoms. The fourth-order valence-electron chi connectivity index (χ4n) is 3.52. The number of imidazole rings is 1. The first-order valence-corrected chi connectivity index (χ1v) is 11.8. The Morgan fingerprint density at radius 3 is 2.65 bits per heavy atom. The monoisotopic (exact) mass is 522 g/mol. The number of carbonyl (C=O) groups excluding carboxylic acids is 1. The quantitative estimate of drug-likeness (QED) is 0.255. The van der Waals surface area contributed by atoms with Crippen molar-refractivity contribution in [1.29, 1.82) is 0 Å². The van der Waals surface area contributed by atoms with E-state index in [2.05, 4.69) is 36.5 Å². The SMILES string of the molecule is COc1cc(CNCCc2nc3ccccc3[nH]2)c(Br)cc1OCC(=O)Nc1ccc(C)cc1. The summed E-state index contributed by atoms with van der Waals surface area (Å²) in [5.41, 5.74) is 4.92. The van der Waals surface area contributed by atoms with Crippen LogP contribution in [0.4, 0.5) is 5.69 Å². The fraction of sp³-hybridized carbons (Fsp3) is 0.231. The minimum atomic E-state index is -0.238. The summed E-state index contributed by atoms with van der Waals surface area (Å²) in [4.78, 5) is 20.2. The molecule has 0 atom stereocenters. The van der Waals surface area contributed by atoms with E-state index in [1.165, 1.54) is 0 Å². The maximum Gasteiger partial charge on any atom is 0.262 e. The maximum atomic E-state index is 12.3. The third-order valence-electron chi connectivity index (χ3n) is 5.32. The van der Waals surface area contributed by atoms with Gasteiger partial charge in [-0.15, -0.1) is 0 Å². The van der Waals surface area contributed by atoms with E-state index in [-0.39, 0.29) is 12.5 Å². The van der Waals surface area contributed by atoms with Crippen LogP contribution in [0.15, 0.2) is 65.1 Å². The summed E-state index contributed by atoms with van der Waals surface area (Å²) in [5.74, 6) is 1.79. The Balaban J connectivity index is 1.29. The van der Waals surface area contributed by atoms with E-state index in [9.17, 15) is 4.79 Å². The van der Waals surface area contributed by atoms with Crippen molar-refractivity contribution in [3.05, 3.63) is 82.1 Å². The summed E-state index contributed by atoms with van der Waals surface area (Å²) < 4.78 is 12.1. The molecule has 176 valence electrons. The van der Waals surface area contributed by atoms with Gasteiger partial charge >= 0.3 is 0 Å². The molecule has 34 heavy (non-hydrogen) atoms. The third kappa shape index (κ3) is 6.15. The van der Waals surface area contributed by atoms with Gasteiger partial charge in [0.25, 0.3) is 5.91 Å². The van der Waals surface area contributed by atoms with Crippen molar-refractivity contribution in [3.63, 3.8) is 0 Å². The highest BCUT2D eigenvalue weighted by Gasteiger charge is 2.13. The molecular weight excluding hydrogens is 496 g/mol. The van der Waals surface area contributed by atoms with Crippen molar-refractivity contribution in [3.8, 4) is 11.5 Å². The second-order valence-electron chi connectivity index (χ2n) is 7.92. The van der Waals surface area contributed by atoms with E-state index in [4.69, 9.17) is 9.47 Å². The van der Waals surface area contributed by atoms with E-state index in [0.717, 1.165) is 51.1 Å². The van der Waals surface area contributed by atoms with Crippen molar-refractivity contribution in [2.45, 2.75) is 19.9 Å². The molecule has 4 aromatic rings. The standard InChI is InChI=1S/C26H27BrN4O3/c1-17-7-9-19(10-8-17)29-26(32)16-34-24-14-20(27)18(13-23(24)33-2)15-28-12-11-25-30-21-5-3-4-6-22(21)31-25/h3-10,13-14,28H,11-12,15-16H2,1-2H3,(H,29,32)(H,30,31). The van der Waals surface area contributed by atoms with Gasteiger partial charge in [0, 0.05) is 29.7 Å². The molecule has 1 aromatic heterocycles. The number of hydrogen-bond donors (Lipinski definition) is 3. The number of aromatic amines is 1. The van der Waals surface area contributed by atoms with Crippen LogP contribution in [0.2, 0.25) is 0 Å². The number of anilines is 1. The molecule has 0 saturated carbocycles. The van der Waals surface area contributed by atoms with E-state index >= 15 is 0 Å². The zero-order chi connectivity index (χ0) is 23.9. The number of ether oxygens (including phenoxy) is 2. The first-order chi connectivity index (χ1) is 16.5. The molecule has 3 aromatic carbocycles. The number of rotatable bonds is 10. The van der Waals surface area contributed by atoms with Crippen molar-refractivity contribution < 1.29 is 14.3 Å². The van der Waals surface area contributed by atoms with E-state index < -0.39 is 0 Å². The Hall–Kier alpha value is -3.36. The van der Waals surface area contributed by atoms with Crippen LogP contribution in [0, 0.1) is 6.92 Å². The van der Waals surface area contributed by atoms with Crippen molar-refractivity contribution in [2.24, 2.45) is 0 Å². The number of nitrogens with one attached hydrogen (secondary N) is 3. The third-order valence-corrected chi connectivity index (χ3v) is 6.06. The van der Waals surface area contributed by atoms with Crippen LogP contribution in [0.1, 0.15) is 17.0 Å². The number of carbonyl (C=O) groups is 1. The topological polar surface area (TPSA) is 88.3 Å². The molecule has 1 heterocycles. The van der Waals surface area contributed by atoms with Crippen LogP contribution in [0.5, 0.6) is 11.5 Å². The molecule has 1 amide bonds. The predicted molar refractivity (Wildman–Crippen MR) is 138 cm³/mol. The Morgan fingerprint density at radius 2 is 1.88 bits per heavy atom. The summed E-state index contributed by atoms with van der Waals surface area (Å²) in [6.07, 6.45) is 0.792. The van der Waals surface area contributed by atoms with E-state index in [1.54, 1.807) is 7.11 Å². The van der Waals surface area contributed by atoms with Gasteiger partial charge in [0.15, 0.2) is 18.1 Å². The molecule has 0 bridgehead atoms. The number of benzene rings is 3. The van der Waals surface area contributed by atoms with Crippen LogP contribution in [0.3, 0.4) is 0 Å². The minimum absolute atomic E-state index is 0.119. The first-order valence-electron chi connectivity index (χ1n) is 11.0. The van der Waals surface area contributed by atoms with Crippen molar-refractivity contribution in [2.75, 3.05) is 25.6 Å². The highest BCUT2D eigenvalue weighted by molar-refractivity contribution is 9.10. The summed E-state index contributed by atoms with van der Waals surface area (Å²) >= 11 is 3.60. The van der Waals surface area contributed by atoms with Gasteiger partial charge in [0.05, 0.1) is 18.1 Å². The minimum Gasteiger partial charge on any atom is -0.493 e. The molecule has 0 radical (unpaired) electrons. The number of hydrogen-bond acceptors (Lipinski definition) is 5. The lowest BCUT2D eigenvalue weighted by atomic mass is 10.2. The Kier molecular flexibility index (Phi) is 7.82. The Labute approximate surface area is 207 Å². The average Bonchev–Trinajstić information content (AvgIpc) is 3.26. The number of halogens is 1. The zero-order valence-electron chi connectivity index (χ0n) is 19.2. The highest BCUT2D eigenvalue weighted by Crippen LogP contribution is 2.33. The fourth-order valence-corrected chi connectivity index (χ4v) is 3.98. The number of nitrogens with zero attached hydrogens (tertiary/aromatic N) is 1. The molecule has 0 unspecified atom stereocenters. The molecule has 0 aliphatic heterocycles. The predicted octanol–water partition coefficient (Wildman–Crippen LogP) is 4.99. The van der Waals surface area contributed by atoms with Gasteiger partial charge in [-0.1, -0.05) is 45.8 Å². The van der Waals surface area contributed by atoms with Gasteiger partial charge in [-0.05, 0) is 48.9 Å². The van der Waals surface area contributed by atoms with Gasteiger partial charge in [0.2, 0.25) is 0 Å². The molecule has 3 N–H and O–H groups in total. The molecule has 0 aliphatic carbocycles. The zero-order valence-corrected chi connectivity index (χ0v) is 20.7. The number of fused-ring (bicyclic) bond motifs is 1. The molecule has 0 fully saturated rings. The van der Waals surface area contributed by atoms with Crippen molar-refractivity contribution >= 4 is 38.6 Å². The van der Waals surface area contributed by atoms with Gasteiger partial charge in [-0.25, -0.2) is 4.98 Å². The van der Waals surface area contributed by atoms with Crippen molar-refractivity contribution in [1.82, 2.24) is 15.3 Å². The lowest BCUT2D eigenvalue weighted by Crippen LogP contribution is -2.20. The first kappa shape index (κ1) is 23.8. The van der Waals surface area contributed by atoms with E-state index in [0.29, 0.717) is 18.0 Å². The molecular formula is C26H27BrN4O3. The molecule has 0 aliphatic rings. The normalized spacial score (nSPS) is 10.9. The Morgan fingerprint density at radius 1 is 1.09 bits per heavy atom. The number of aromatic nitrogens is 2. The molecule has 4 rings (SSSR count). The molecule has 0 spiro atoms. The highest BCUT2D eigenvalue weighted by atomic mass is 79.9. The summed E-state index contributed by atoms with van der Waals surface area (Å²) in [6, 6.07) is 19.4. The number of para-hydroxylation sites is 2. The summed E-state index contributed by atoms with van der Waals surface area (Å²) in [7, 11) is 1.58. The Bertz CT molecular complexity index is 1240. The van der Waals surface area contributed by atoms with Gasteiger partial charge in [0.1, 0.15) is 5.82 Å². The van der Waals surface area contributed by atoms with Crippen LogP contribution in [0.25, 0.3) is 11.0 Å². The van der Waals surface area contributed by atoms with Gasteiger partial charge < -0.3 is 25.1 Å². The van der Waals surface area contributed by atoms with E-state index in [1.807, 2.05) is 67.6 Å². The van der Waals surface area contributed by atoms with Gasteiger partial charge in [-0.2, -0.15) is 0 Å². The second kappa shape index (κ2) is 11.2. The smallest absolute Gasteiger partial charge is 0.262 e. The number of amides is 1. The van der Waals surface area contributed by atoms with Gasteiger partial charge in [-0.3, -0.25) is 4.79 Å². The maximum absolute atomic E-state index is 12.3. The van der Waals surface area contributed by atoms with Crippen LogP contribution in [-0.4, -0.2) is 36.1 Å². The molecule has 7 nitrogen and oxygen atoms in total. The van der Waals surface area contributed by atoms with Crippen LogP contribution in [-0.2, 0) is 17.8 Å². The lowest BCUT2D eigenvalue weighted by molar-refractivity contribution is -0.118. The average molecular weight is 523 g/mol.